The van der Waals surface area contributed by atoms with E-state index in [0.717, 1.165) is 19.2 Å². The molecule has 9 heteroatoms. The lowest BCUT2D eigenvalue weighted by Crippen LogP contribution is -2.27. The minimum atomic E-state index is -4.21. The van der Waals surface area contributed by atoms with Crippen LogP contribution >= 0.6 is 23.2 Å². The average Bonchev–Trinajstić information content (AvgIpc) is 2.49. The highest BCUT2D eigenvalue weighted by atomic mass is 35.5. The highest BCUT2D eigenvalue weighted by Gasteiger charge is 2.28. The van der Waals surface area contributed by atoms with Crippen LogP contribution in [-0.2, 0) is 10.0 Å². The molecule has 0 aliphatic heterocycles. The molecule has 0 spiro atoms. The van der Waals surface area contributed by atoms with Gasteiger partial charge in [-0.2, -0.15) is 0 Å². The Morgan fingerprint density at radius 1 is 1.09 bits per heavy atom. The van der Waals surface area contributed by atoms with Crippen LogP contribution in [-0.4, -0.2) is 22.6 Å². The van der Waals surface area contributed by atoms with Crippen LogP contribution in [0, 0.1) is 11.6 Å². The van der Waals surface area contributed by atoms with E-state index in [-0.39, 0.29) is 26.4 Å². The molecular formula is C14H11Cl2F2NO3S. The Morgan fingerprint density at radius 2 is 1.74 bits per heavy atom. The summed E-state index contributed by atoms with van der Waals surface area (Å²) >= 11 is 11.9. The first-order chi connectivity index (χ1) is 10.7. The maximum atomic E-state index is 13.8. The molecule has 2 aromatic carbocycles. The fraction of sp³-hybridized carbons (Fsp3) is 0.143. The molecule has 0 N–H and O–H groups in total. The Kier molecular flexibility index (Phi) is 5.03. The zero-order valence-electron chi connectivity index (χ0n) is 12.0. The number of hydrogen-bond acceptors (Lipinski definition) is 3. The Morgan fingerprint density at radius 3 is 2.30 bits per heavy atom. The summed E-state index contributed by atoms with van der Waals surface area (Å²) in [5.41, 5.74) is -0.325. The van der Waals surface area contributed by atoms with Crippen LogP contribution in [0.5, 0.6) is 5.75 Å². The van der Waals surface area contributed by atoms with Gasteiger partial charge in [0.15, 0.2) is 0 Å². The molecule has 0 fully saturated rings. The lowest BCUT2D eigenvalue weighted by Gasteiger charge is -2.21. The second-order valence-electron chi connectivity index (χ2n) is 4.46. The molecule has 0 aromatic heterocycles. The van der Waals surface area contributed by atoms with Gasteiger partial charge in [0.25, 0.3) is 10.0 Å². The molecule has 0 saturated carbocycles. The van der Waals surface area contributed by atoms with Crippen LogP contribution < -0.4 is 9.04 Å². The molecule has 2 rings (SSSR count). The Bertz CT molecular complexity index is 859. The van der Waals surface area contributed by atoms with Crippen molar-refractivity contribution in [1.82, 2.24) is 0 Å². The van der Waals surface area contributed by atoms with E-state index in [1.54, 1.807) is 0 Å². The van der Waals surface area contributed by atoms with Crippen molar-refractivity contribution in [3.63, 3.8) is 0 Å². The molecule has 0 aliphatic carbocycles. The van der Waals surface area contributed by atoms with Gasteiger partial charge in [0.05, 0.1) is 17.8 Å². The van der Waals surface area contributed by atoms with Crippen molar-refractivity contribution >= 4 is 38.9 Å². The molecule has 0 aliphatic rings. The lowest BCUT2D eigenvalue weighted by molar-refractivity contribution is 0.414. The maximum Gasteiger partial charge on any atom is 0.265 e. The number of sulfonamides is 1. The monoisotopic (exact) mass is 381 g/mol. The van der Waals surface area contributed by atoms with Gasteiger partial charge in [-0.1, -0.05) is 23.2 Å². The van der Waals surface area contributed by atoms with Crippen molar-refractivity contribution < 1.29 is 21.9 Å². The third-order valence-electron chi connectivity index (χ3n) is 3.12. The van der Waals surface area contributed by atoms with Crippen LogP contribution in [0.25, 0.3) is 0 Å². The van der Waals surface area contributed by atoms with E-state index >= 15 is 0 Å². The molecule has 23 heavy (non-hydrogen) atoms. The summed E-state index contributed by atoms with van der Waals surface area (Å²) < 4.78 is 57.6. The molecule has 0 unspecified atom stereocenters. The van der Waals surface area contributed by atoms with Crippen LogP contribution in [0.1, 0.15) is 0 Å². The van der Waals surface area contributed by atoms with Crippen molar-refractivity contribution in [3.8, 4) is 5.75 Å². The van der Waals surface area contributed by atoms with Gasteiger partial charge in [-0.05, 0) is 24.3 Å². The van der Waals surface area contributed by atoms with Crippen molar-refractivity contribution in [3.05, 3.63) is 52.0 Å². The van der Waals surface area contributed by atoms with E-state index in [1.165, 1.54) is 19.2 Å². The second kappa shape index (κ2) is 6.51. The van der Waals surface area contributed by atoms with Crippen LogP contribution in [0.15, 0.2) is 35.2 Å². The molecular weight excluding hydrogens is 371 g/mol. The fourth-order valence-electron chi connectivity index (χ4n) is 1.88. The van der Waals surface area contributed by atoms with Gasteiger partial charge in [-0.3, -0.25) is 4.31 Å². The normalized spacial score (nSPS) is 11.4. The number of halogens is 4. The van der Waals surface area contributed by atoms with Gasteiger partial charge in [0.2, 0.25) is 0 Å². The maximum absolute atomic E-state index is 13.8. The molecule has 0 radical (unpaired) electrons. The van der Waals surface area contributed by atoms with Gasteiger partial charge >= 0.3 is 0 Å². The summed E-state index contributed by atoms with van der Waals surface area (Å²) in [4.78, 5) is -0.323. The van der Waals surface area contributed by atoms with Gasteiger partial charge in [0.1, 0.15) is 27.3 Å². The second-order valence-corrected chi connectivity index (χ2v) is 7.16. The zero-order valence-corrected chi connectivity index (χ0v) is 14.3. The summed E-state index contributed by atoms with van der Waals surface area (Å²) in [7, 11) is -1.73. The summed E-state index contributed by atoms with van der Waals surface area (Å²) in [6.45, 7) is 0. The number of hydrogen-bond donors (Lipinski definition) is 0. The van der Waals surface area contributed by atoms with Gasteiger partial charge in [-0.25, -0.2) is 17.2 Å². The standard InChI is InChI=1S/C14H11Cl2F2NO3S/c1-19(10-4-3-8(17)7-9(10)18)23(20,21)12-6-5-11(22-2)13(15)14(12)16/h3-7H,1-2H3. The predicted octanol–water partition coefficient (Wildman–Crippen LogP) is 4.11. The van der Waals surface area contributed by atoms with Crippen molar-refractivity contribution in [2.45, 2.75) is 4.90 Å². The number of methoxy groups -OCH3 is 1. The van der Waals surface area contributed by atoms with Crippen molar-refractivity contribution in [1.29, 1.82) is 0 Å². The molecule has 2 aromatic rings. The summed E-state index contributed by atoms with van der Waals surface area (Å²) in [6, 6.07) is 5.08. The molecule has 0 bridgehead atoms. The molecule has 0 amide bonds. The van der Waals surface area contributed by atoms with E-state index in [0.29, 0.717) is 10.4 Å². The molecule has 4 nitrogen and oxygen atoms in total. The quantitative estimate of drug-likeness (QED) is 0.800. The lowest BCUT2D eigenvalue weighted by atomic mass is 10.3. The first kappa shape index (κ1) is 17.8. The number of nitrogens with zero attached hydrogens (tertiary/aromatic N) is 1. The number of anilines is 1. The Labute approximate surface area is 142 Å². The average molecular weight is 382 g/mol. The topological polar surface area (TPSA) is 46.6 Å². The highest BCUT2D eigenvalue weighted by Crippen LogP contribution is 2.38. The highest BCUT2D eigenvalue weighted by molar-refractivity contribution is 7.93. The fourth-order valence-corrected chi connectivity index (χ4v) is 3.90. The molecule has 0 atom stereocenters. The summed E-state index contributed by atoms with van der Waals surface area (Å²) in [5.74, 6) is -1.64. The number of ether oxygens (including phenoxy) is 1. The largest absolute Gasteiger partial charge is 0.495 e. The van der Waals surface area contributed by atoms with E-state index in [1.807, 2.05) is 0 Å². The van der Waals surface area contributed by atoms with E-state index in [9.17, 15) is 17.2 Å². The molecule has 0 saturated heterocycles. The summed E-state index contributed by atoms with van der Waals surface area (Å²) in [6.07, 6.45) is 0. The van der Waals surface area contributed by atoms with E-state index in [2.05, 4.69) is 0 Å². The molecule has 0 heterocycles. The van der Waals surface area contributed by atoms with Crippen LogP contribution in [0.4, 0.5) is 14.5 Å². The number of benzene rings is 2. The smallest absolute Gasteiger partial charge is 0.265 e. The van der Waals surface area contributed by atoms with Crippen LogP contribution in [0.2, 0.25) is 10.0 Å². The van der Waals surface area contributed by atoms with E-state index in [4.69, 9.17) is 27.9 Å². The predicted molar refractivity (Wildman–Crippen MR) is 85.0 cm³/mol. The first-order valence-electron chi connectivity index (χ1n) is 6.16. The van der Waals surface area contributed by atoms with Gasteiger partial charge in [-0.15, -0.1) is 0 Å². The Balaban J connectivity index is 2.56. The van der Waals surface area contributed by atoms with Gasteiger partial charge < -0.3 is 4.74 Å². The number of rotatable bonds is 4. The minimum absolute atomic E-state index is 0.0804. The Hall–Kier alpha value is -1.57. The van der Waals surface area contributed by atoms with Gasteiger partial charge in [0, 0.05) is 13.1 Å². The third-order valence-corrected chi connectivity index (χ3v) is 5.91. The van der Waals surface area contributed by atoms with Crippen molar-refractivity contribution in [2.75, 3.05) is 18.5 Å². The van der Waals surface area contributed by atoms with Crippen LogP contribution in [0.3, 0.4) is 0 Å². The summed E-state index contributed by atoms with van der Waals surface area (Å²) in [5, 5.41) is -0.330. The molecule has 124 valence electrons. The third kappa shape index (κ3) is 3.22. The first-order valence-corrected chi connectivity index (χ1v) is 8.35. The van der Waals surface area contributed by atoms with Crippen molar-refractivity contribution in [2.24, 2.45) is 0 Å². The van der Waals surface area contributed by atoms with E-state index < -0.39 is 21.7 Å². The zero-order chi connectivity index (χ0) is 17.4. The SMILES string of the molecule is COc1ccc(S(=O)(=O)N(C)c2ccc(F)cc2F)c(Cl)c1Cl. The minimum Gasteiger partial charge on any atom is -0.495 e.